The number of benzene rings is 2. The van der Waals surface area contributed by atoms with E-state index in [2.05, 4.69) is 76.4 Å². The van der Waals surface area contributed by atoms with Crippen LogP contribution in [-0.4, -0.2) is 83.4 Å². The molecular formula is C36H43N5O4. The van der Waals surface area contributed by atoms with Crippen molar-refractivity contribution in [3.05, 3.63) is 77.6 Å². The molecule has 0 saturated carbocycles. The van der Waals surface area contributed by atoms with Crippen molar-refractivity contribution in [3.63, 3.8) is 0 Å². The van der Waals surface area contributed by atoms with E-state index < -0.39 is 5.97 Å². The molecule has 2 aromatic carbocycles. The van der Waals surface area contributed by atoms with Crippen molar-refractivity contribution in [2.45, 2.75) is 39.7 Å². The second-order valence-corrected chi connectivity index (χ2v) is 12.3. The number of carbonyl (C=O) groups is 1. The van der Waals surface area contributed by atoms with E-state index in [1.807, 2.05) is 18.5 Å². The first-order valence-corrected chi connectivity index (χ1v) is 16.0. The molecule has 0 spiro atoms. The Bertz CT molecular complexity index is 1640. The van der Waals surface area contributed by atoms with Crippen LogP contribution in [0.4, 0.5) is 11.5 Å². The van der Waals surface area contributed by atoms with E-state index in [4.69, 9.17) is 19.6 Å². The second kappa shape index (κ2) is 14.4. The molecule has 0 amide bonds. The third kappa shape index (κ3) is 7.61. The van der Waals surface area contributed by atoms with Gasteiger partial charge in [0.15, 0.2) is 5.82 Å². The summed E-state index contributed by atoms with van der Waals surface area (Å²) in [7, 11) is 0. The number of anilines is 2. The Balaban J connectivity index is 1.14. The molecule has 2 aliphatic heterocycles. The summed E-state index contributed by atoms with van der Waals surface area (Å²) >= 11 is 0. The first-order valence-electron chi connectivity index (χ1n) is 16.0. The minimum absolute atomic E-state index is 0.222. The number of carboxylic acid groups (broad SMARTS) is 1. The minimum Gasteiger partial charge on any atom is -0.493 e. The normalized spacial score (nSPS) is 17.5. The molecule has 9 nitrogen and oxygen atoms in total. The van der Waals surface area contributed by atoms with E-state index in [0.717, 1.165) is 121 Å². The lowest BCUT2D eigenvalue weighted by molar-refractivity contribution is -0.138. The van der Waals surface area contributed by atoms with Crippen molar-refractivity contribution in [1.82, 2.24) is 19.8 Å². The van der Waals surface area contributed by atoms with Crippen LogP contribution in [0.15, 0.2) is 60.9 Å². The number of nitrogens with one attached hydrogen (secondary N) is 1. The van der Waals surface area contributed by atoms with Crippen LogP contribution in [0, 0.1) is 19.8 Å². The highest BCUT2D eigenvalue weighted by Crippen LogP contribution is 2.36. The Kier molecular flexibility index (Phi) is 9.88. The van der Waals surface area contributed by atoms with Gasteiger partial charge < -0.3 is 19.9 Å². The number of hydrogen-bond donors (Lipinski definition) is 2. The van der Waals surface area contributed by atoms with Gasteiger partial charge in [0.1, 0.15) is 11.3 Å². The molecule has 2 N–H and O–H groups in total. The molecule has 1 atom stereocenters. The fourth-order valence-electron chi connectivity index (χ4n) is 6.56. The number of hydrogen-bond acceptors (Lipinski definition) is 8. The molecule has 0 bridgehead atoms. The molecule has 6 rings (SSSR count). The third-order valence-corrected chi connectivity index (χ3v) is 9.04. The number of aromatic nitrogens is 2. The summed E-state index contributed by atoms with van der Waals surface area (Å²) in [6.45, 7) is 12.1. The van der Waals surface area contributed by atoms with Gasteiger partial charge in [0, 0.05) is 62.6 Å². The highest BCUT2D eigenvalue weighted by Gasteiger charge is 2.24. The lowest BCUT2D eigenvalue weighted by Crippen LogP contribution is -2.37. The molecule has 0 aliphatic carbocycles. The van der Waals surface area contributed by atoms with Crippen molar-refractivity contribution >= 4 is 28.4 Å². The monoisotopic (exact) mass is 609 g/mol. The average Bonchev–Trinajstić information content (AvgIpc) is 3.47. The van der Waals surface area contributed by atoms with Gasteiger partial charge in [0.2, 0.25) is 0 Å². The van der Waals surface area contributed by atoms with Crippen LogP contribution in [-0.2, 0) is 16.1 Å². The average molecular weight is 610 g/mol. The topological polar surface area (TPSA) is 100 Å². The first kappa shape index (κ1) is 31.0. The van der Waals surface area contributed by atoms with Crippen molar-refractivity contribution in [1.29, 1.82) is 0 Å². The highest BCUT2D eigenvalue weighted by atomic mass is 16.5. The number of pyridine rings is 2. The molecule has 45 heavy (non-hydrogen) atoms. The van der Waals surface area contributed by atoms with Crippen molar-refractivity contribution in [2.75, 3.05) is 57.9 Å². The number of rotatable bonds is 12. The standard InChI is InChI=1S/C36H43N5O4/c1-25-30(31-7-4-9-33(26(31)2)45-17-5-13-40-15-18-44-19-16-40)6-3-8-32(25)39-36-35-29(10-12-37-36)20-28(22-38-35)24-41-14-11-27(23-41)21-34(42)43/h3-4,6-10,12,20,22,27H,5,11,13-19,21,23-24H2,1-2H3,(H,37,39)(H,42,43). The van der Waals surface area contributed by atoms with Crippen LogP contribution in [0.25, 0.3) is 22.0 Å². The summed E-state index contributed by atoms with van der Waals surface area (Å²) in [6, 6.07) is 16.8. The van der Waals surface area contributed by atoms with E-state index in [0.29, 0.717) is 6.61 Å². The first-order chi connectivity index (χ1) is 21.9. The van der Waals surface area contributed by atoms with Gasteiger partial charge in [-0.1, -0.05) is 24.3 Å². The largest absolute Gasteiger partial charge is 0.493 e. The molecule has 236 valence electrons. The van der Waals surface area contributed by atoms with Crippen LogP contribution < -0.4 is 10.1 Å². The number of nitrogens with zero attached hydrogens (tertiary/aromatic N) is 4. The Hall–Kier alpha value is -4.05. The lowest BCUT2D eigenvalue weighted by Gasteiger charge is -2.26. The summed E-state index contributed by atoms with van der Waals surface area (Å²) in [5.41, 5.74) is 7.49. The maximum Gasteiger partial charge on any atom is 0.303 e. The van der Waals surface area contributed by atoms with Crippen LogP contribution in [0.2, 0.25) is 0 Å². The second-order valence-electron chi connectivity index (χ2n) is 12.3. The van der Waals surface area contributed by atoms with E-state index >= 15 is 0 Å². The van der Waals surface area contributed by atoms with E-state index in [1.165, 1.54) is 0 Å². The smallest absolute Gasteiger partial charge is 0.303 e. The van der Waals surface area contributed by atoms with Gasteiger partial charge in [0.05, 0.1) is 19.8 Å². The zero-order valence-corrected chi connectivity index (χ0v) is 26.3. The third-order valence-electron chi connectivity index (χ3n) is 9.04. The number of likely N-dealkylation sites (tertiary alicyclic amines) is 1. The minimum atomic E-state index is -0.717. The Morgan fingerprint density at radius 2 is 1.82 bits per heavy atom. The summed E-state index contributed by atoms with van der Waals surface area (Å²) in [4.78, 5) is 25.3. The number of ether oxygens (including phenoxy) is 2. The molecule has 4 heterocycles. The Labute approximate surface area is 265 Å². The molecule has 0 radical (unpaired) electrons. The molecule has 4 aromatic rings. The fourth-order valence-corrected chi connectivity index (χ4v) is 6.56. The molecule has 2 aromatic heterocycles. The molecule has 2 aliphatic rings. The number of fused-ring (bicyclic) bond motifs is 1. The molecule has 2 saturated heterocycles. The molecule has 2 fully saturated rings. The van der Waals surface area contributed by atoms with Crippen LogP contribution in [0.1, 0.15) is 36.0 Å². The van der Waals surface area contributed by atoms with Crippen LogP contribution in [0.5, 0.6) is 5.75 Å². The van der Waals surface area contributed by atoms with Crippen molar-refractivity contribution in [3.8, 4) is 16.9 Å². The summed E-state index contributed by atoms with van der Waals surface area (Å²) < 4.78 is 11.7. The lowest BCUT2D eigenvalue weighted by atomic mass is 9.95. The highest BCUT2D eigenvalue weighted by molar-refractivity contribution is 5.91. The van der Waals surface area contributed by atoms with Crippen LogP contribution >= 0.6 is 0 Å². The summed E-state index contributed by atoms with van der Waals surface area (Å²) in [5, 5.41) is 13.7. The number of carboxylic acids is 1. The van der Waals surface area contributed by atoms with E-state index in [-0.39, 0.29) is 12.3 Å². The van der Waals surface area contributed by atoms with Gasteiger partial charge in [-0.05, 0) is 91.2 Å². The quantitative estimate of drug-likeness (QED) is 0.186. The van der Waals surface area contributed by atoms with Gasteiger partial charge in [-0.25, -0.2) is 4.98 Å². The van der Waals surface area contributed by atoms with Crippen LogP contribution in [0.3, 0.4) is 0 Å². The zero-order valence-electron chi connectivity index (χ0n) is 26.3. The number of aliphatic carboxylic acids is 1. The summed E-state index contributed by atoms with van der Waals surface area (Å²) in [5.74, 6) is 1.15. The zero-order chi connectivity index (χ0) is 31.2. The van der Waals surface area contributed by atoms with Gasteiger partial charge in [-0.2, -0.15) is 0 Å². The Morgan fingerprint density at radius 3 is 2.64 bits per heavy atom. The number of morpholine rings is 1. The summed E-state index contributed by atoms with van der Waals surface area (Å²) in [6.07, 6.45) is 5.89. The maximum absolute atomic E-state index is 11.1. The van der Waals surface area contributed by atoms with Gasteiger partial charge >= 0.3 is 5.97 Å². The van der Waals surface area contributed by atoms with E-state index in [1.54, 1.807) is 0 Å². The molecule has 9 heteroatoms. The predicted octanol–water partition coefficient (Wildman–Crippen LogP) is 6.05. The maximum atomic E-state index is 11.1. The fraction of sp³-hybridized carbons (Fsp3) is 0.417. The van der Waals surface area contributed by atoms with Crippen molar-refractivity contribution < 1.29 is 19.4 Å². The SMILES string of the molecule is Cc1c(Nc2nccc3cc(CN4CCC(CC(=O)O)C4)cnc23)cccc1-c1cccc(OCCCN2CCOCC2)c1C. The molecule has 1 unspecified atom stereocenters. The van der Waals surface area contributed by atoms with Gasteiger partial charge in [0.25, 0.3) is 0 Å². The van der Waals surface area contributed by atoms with Gasteiger partial charge in [-0.3, -0.25) is 19.6 Å². The Morgan fingerprint density at radius 1 is 1.02 bits per heavy atom. The predicted molar refractivity (Wildman–Crippen MR) is 177 cm³/mol. The van der Waals surface area contributed by atoms with E-state index in [9.17, 15) is 4.79 Å². The van der Waals surface area contributed by atoms with Gasteiger partial charge in [-0.15, -0.1) is 0 Å². The van der Waals surface area contributed by atoms with Crippen molar-refractivity contribution in [2.24, 2.45) is 5.92 Å². The molecular weight excluding hydrogens is 566 g/mol.